The fourth-order valence-electron chi connectivity index (χ4n) is 3.17. The number of nitrogens with zero attached hydrogens (tertiary/aromatic N) is 1. The lowest BCUT2D eigenvalue weighted by Gasteiger charge is -2.19. The largest absolute Gasteiger partial charge is 0.310 e. The van der Waals surface area contributed by atoms with Crippen LogP contribution in [0.2, 0.25) is 0 Å². The lowest BCUT2D eigenvalue weighted by atomic mass is 9.96. The van der Waals surface area contributed by atoms with Crippen LogP contribution in [0.1, 0.15) is 41.6 Å². The van der Waals surface area contributed by atoms with Gasteiger partial charge in [0.25, 0.3) is 0 Å². The number of benzene rings is 1. The molecule has 0 bridgehead atoms. The summed E-state index contributed by atoms with van der Waals surface area (Å²) in [7, 11) is 0. The Kier molecular flexibility index (Phi) is 4.71. The van der Waals surface area contributed by atoms with E-state index in [1.54, 1.807) is 5.56 Å². The first kappa shape index (κ1) is 14.7. The molecular formula is C18H21BrN2. The number of pyridine rings is 1. The van der Waals surface area contributed by atoms with Crippen LogP contribution in [0.4, 0.5) is 0 Å². The average Bonchev–Trinajstić information content (AvgIpc) is 2.94. The van der Waals surface area contributed by atoms with Crippen LogP contribution in [-0.2, 0) is 19.3 Å². The molecule has 0 saturated heterocycles. The zero-order valence-corrected chi connectivity index (χ0v) is 14.0. The van der Waals surface area contributed by atoms with Crippen molar-refractivity contribution in [1.82, 2.24) is 10.3 Å². The van der Waals surface area contributed by atoms with Crippen LogP contribution in [0.5, 0.6) is 0 Å². The molecule has 1 aliphatic rings. The standard InChI is InChI=1S/C18H21BrN2/c1-2-21-18(9-13-8-17(19)12-20-11-13)16-7-6-14-4-3-5-15(14)10-16/h6-8,10-12,18,21H,2-5,9H2,1H3. The summed E-state index contributed by atoms with van der Waals surface area (Å²) in [6, 6.07) is 9.53. The zero-order valence-electron chi connectivity index (χ0n) is 12.4. The quantitative estimate of drug-likeness (QED) is 0.877. The van der Waals surface area contributed by atoms with Gasteiger partial charge in [-0.25, -0.2) is 0 Å². The Morgan fingerprint density at radius 3 is 2.86 bits per heavy atom. The van der Waals surface area contributed by atoms with Gasteiger partial charge in [0.05, 0.1) is 0 Å². The Balaban J connectivity index is 1.84. The first-order valence-electron chi connectivity index (χ1n) is 7.71. The highest BCUT2D eigenvalue weighted by Crippen LogP contribution is 2.27. The second-order valence-electron chi connectivity index (χ2n) is 5.71. The number of likely N-dealkylation sites (N-methyl/N-ethyl adjacent to an activating group) is 1. The maximum absolute atomic E-state index is 4.27. The molecule has 0 amide bonds. The van der Waals surface area contributed by atoms with Crippen LogP contribution in [-0.4, -0.2) is 11.5 Å². The van der Waals surface area contributed by atoms with E-state index in [-0.39, 0.29) is 0 Å². The minimum atomic E-state index is 0.358. The monoisotopic (exact) mass is 344 g/mol. The van der Waals surface area contributed by atoms with E-state index in [0.29, 0.717) is 6.04 Å². The second kappa shape index (κ2) is 6.71. The summed E-state index contributed by atoms with van der Waals surface area (Å²) in [6.45, 7) is 3.14. The van der Waals surface area contributed by atoms with Gasteiger partial charge in [-0.1, -0.05) is 25.1 Å². The van der Waals surface area contributed by atoms with Crippen molar-refractivity contribution in [1.29, 1.82) is 0 Å². The first-order chi connectivity index (χ1) is 10.3. The van der Waals surface area contributed by atoms with E-state index < -0.39 is 0 Å². The normalized spacial score (nSPS) is 15.0. The van der Waals surface area contributed by atoms with E-state index in [2.05, 4.69) is 57.4 Å². The van der Waals surface area contributed by atoms with Crippen molar-refractivity contribution in [2.24, 2.45) is 0 Å². The van der Waals surface area contributed by atoms with Crippen molar-refractivity contribution < 1.29 is 0 Å². The molecule has 3 rings (SSSR count). The Morgan fingerprint density at radius 1 is 1.19 bits per heavy atom. The minimum absolute atomic E-state index is 0.358. The summed E-state index contributed by atoms with van der Waals surface area (Å²) in [5, 5.41) is 3.61. The molecule has 1 atom stereocenters. The van der Waals surface area contributed by atoms with Gasteiger partial charge in [-0.15, -0.1) is 0 Å². The predicted molar refractivity (Wildman–Crippen MR) is 90.5 cm³/mol. The SMILES string of the molecule is CCNC(Cc1cncc(Br)c1)c1ccc2c(c1)CCC2. The second-order valence-corrected chi connectivity index (χ2v) is 6.62. The van der Waals surface area contributed by atoms with Crippen molar-refractivity contribution in [3.05, 3.63) is 63.4 Å². The highest BCUT2D eigenvalue weighted by Gasteiger charge is 2.16. The van der Waals surface area contributed by atoms with Crippen molar-refractivity contribution >= 4 is 15.9 Å². The van der Waals surface area contributed by atoms with E-state index >= 15 is 0 Å². The Labute approximate surface area is 135 Å². The fourth-order valence-corrected chi connectivity index (χ4v) is 3.58. The van der Waals surface area contributed by atoms with E-state index in [1.807, 2.05) is 12.4 Å². The van der Waals surface area contributed by atoms with Gasteiger partial charge in [0.1, 0.15) is 0 Å². The van der Waals surface area contributed by atoms with Crippen LogP contribution >= 0.6 is 15.9 Å². The molecule has 110 valence electrons. The molecule has 0 spiro atoms. The predicted octanol–water partition coefficient (Wildman–Crippen LogP) is 4.23. The van der Waals surface area contributed by atoms with Gasteiger partial charge < -0.3 is 5.32 Å². The molecule has 2 nitrogen and oxygen atoms in total. The molecular weight excluding hydrogens is 324 g/mol. The summed E-state index contributed by atoms with van der Waals surface area (Å²) in [4.78, 5) is 4.27. The molecule has 0 fully saturated rings. The van der Waals surface area contributed by atoms with E-state index in [4.69, 9.17) is 0 Å². The number of hydrogen-bond acceptors (Lipinski definition) is 2. The molecule has 1 aromatic heterocycles. The van der Waals surface area contributed by atoms with Gasteiger partial charge in [-0.3, -0.25) is 4.98 Å². The lowest BCUT2D eigenvalue weighted by Crippen LogP contribution is -2.23. The van der Waals surface area contributed by atoms with Crippen molar-refractivity contribution in [3.63, 3.8) is 0 Å². The van der Waals surface area contributed by atoms with E-state index in [1.165, 1.54) is 36.0 Å². The van der Waals surface area contributed by atoms with Crippen LogP contribution < -0.4 is 5.32 Å². The van der Waals surface area contributed by atoms with Crippen LogP contribution in [0.3, 0.4) is 0 Å². The molecule has 3 heteroatoms. The van der Waals surface area contributed by atoms with Gasteiger partial charge >= 0.3 is 0 Å². The van der Waals surface area contributed by atoms with Crippen LogP contribution in [0.25, 0.3) is 0 Å². The molecule has 2 aromatic rings. The molecule has 1 unspecified atom stereocenters. The molecule has 1 N–H and O–H groups in total. The molecule has 0 radical (unpaired) electrons. The Hall–Kier alpha value is -1.19. The molecule has 1 heterocycles. The lowest BCUT2D eigenvalue weighted by molar-refractivity contribution is 0.548. The number of fused-ring (bicyclic) bond motifs is 1. The maximum atomic E-state index is 4.27. The number of hydrogen-bond donors (Lipinski definition) is 1. The van der Waals surface area contributed by atoms with Gasteiger partial charge in [-0.05, 0) is 76.5 Å². The maximum Gasteiger partial charge on any atom is 0.0410 e. The third-order valence-corrected chi connectivity index (χ3v) is 4.61. The Morgan fingerprint density at radius 2 is 2.05 bits per heavy atom. The van der Waals surface area contributed by atoms with E-state index in [0.717, 1.165) is 17.4 Å². The van der Waals surface area contributed by atoms with Gasteiger partial charge in [-0.2, -0.15) is 0 Å². The summed E-state index contributed by atoms with van der Waals surface area (Å²) in [6.07, 6.45) is 8.56. The average molecular weight is 345 g/mol. The topological polar surface area (TPSA) is 24.9 Å². The summed E-state index contributed by atoms with van der Waals surface area (Å²) in [5.74, 6) is 0. The zero-order chi connectivity index (χ0) is 14.7. The molecule has 0 aliphatic heterocycles. The molecule has 0 saturated carbocycles. The minimum Gasteiger partial charge on any atom is -0.310 e. The van der Waals surface area contributed by atoms with Gasteiger partial charge in [0, 0.05) is 22.9 Å². The summed E-state index contributed by atoms with van der Waals surface area (Å²) in [5.41, 5.74) is 5.74. The highest BCUT2D eigenvalue weighted by molar-refractivity contribution is 9.10. The number of rotatable bonds is 5. The summed E-state index contributed by atoms with van der Waals surface area (Å²) >= 11 is 3.51. The van der Waals surface area contributed by atoms with Crippen LogP contribution in [0.15, 0.2) is 41.1 Å². The van der Waals surface area contributed by atoms with Gasteiger partial charge in [0.2, 0.25) is 0 Å². The molecule has 1 aliphatic carbocycles. The van der Waals surface area contributed by atoms with Crippen LogP contribution in [0, 0.1) is 0 Å². The molecule has 21 heavy (non-hydrogen) atoms. The molecule has 1 aromatic carbocycles. The van der Waals surface area contributed by atoms with Crippen molar-refractivity contribution in [3.8, 4) is 0 Å². The first-order valence-corrected chi connectivity index (χ1v) is 8.50. The van der Waals surface area contributed by atoms with Crippen molar-refractivity contribution in [2.75, 3.05) is 6.54 Å². The smallest absolute Gasteiger partial charge is 0.0410 e. The number of nitrogens with one attached hydrogen (secondary N) is 1. The number of aromatic nitrogens is 1. The van der Waals surface area contributed by atoms with E-state index in [9.17, 15) is 0 Å². The highest BCUT2D eigenvalue weighted by atomic mass is 79.9. The number of aryl methyl sites for hydroxylation is 2. The Bertz CT molecular complexity index is 624. The van der Waals surface area contributed by atoms with Gasteiger partial charge in [0.15, 0.2) is 0 Å². The third-order valence-electron chi connectivity index (χ3n) is 4.18. The summed E-state index contributed by atoms with van der Waals surface area (Å²) < 4.78 is 1.05. The third kappa shape index (κ3) is 3.53. The van der Waals surface area contributed by atoms with Crippen molar-refractivity contribution in [2.45, 2.75) is 38.6 Å². The fraction of sp³-hybridized carbons (Fsp3) is 0.389. The number of halogens is 1.